The molecule has 0 saturated carbocycles. The van der Waals surface area contributed by atoms with Gasteiger partial charge in [0.05, 0.1) is 21.3 Å². The van der Waals surface area contributed by atoms with Crippen molar-refractivity contribution in [2.45, 2.75) is 0 Å². The molecule has 42 heavy (non-hydrogen) atoms. The van der Waals surface area contributed by atoms with Gasteiger partial charge in [0.15, 0.2) is 0 Å². The van der Waals surface area contributed by atoms with E-state index in [0.717, 1.165) is 55.1 Å². The first-order valence-electron chi connectivity index (χ1n) is 13.9. The number of thiophene rings is 1. The smallest absolute Gasteiger partial charge is 0.137 e. The van der Waals surface area contributed by atoms with Crippen molar-refractivity contribution in [3.63, 3.8) is 0 Å². The molecule has 0 aliphatic heterocycles. The van der Waals surface area contributed by atoms with E-state index in [4.69, 9.17) is 9.40 Å². The normalized spacial score (nSPS) is 11.8. The first-order valence-corrected chi connectivity index (χ1v) is 15.5. The zero-order valence-electron chi connectivity index (χ0n) is 22.3. The maximum atomic E-state index is 6.29. The molecule has 0 atom stereocenters. The lowest BCUT2D eigenvalue weighted by Gasteiger charge is -2.26. The van der Waals surface area contributed by atoms with Gasteiger partial charge < -0.3 is 9.32 Å². The van der Waals surface area contributed by atoms with Crippen LogP contribution in [0.1, 0.15) is 0 Å². The summed E-state index contributed by atoms with van der Waals surface area (Å²) in [7, 11) is 0. The number of aromatic nitrogens is 1. The molecule has 0 bridgehead atoms. The van der Waals surface area contributed by atoms with E-state index < -0.39 is 0 Å². The minimum atomic E-state index is 0.886. The van der Waals surface area contributed by atoms with Crippen molar-refractivity contribution in [2.75, 3.05) is 4.90 Å². The van der Waals surface area contributed by atoms with Crippen LogP contribution in [0, 0.1) is 0 Å². The Hall–Kier alpha value is -4.97. The summed E-state index contributed by atoms with van der Waals surface area (Å²) in [4.78, 5) is 7.39. The van der Waals surface area contributed by atoms with Crippen LogP contribution in [0.2, 0.25) is 0 Å². The van der Waals surface area contributed by atoms with Crippen LogP contribution < -0.4 is 4.90 Å². The van der Waals surface area contributed by atoms with Crippen molar-refractivity contribution >= 4 is 92.1 Å². The van der Waals surface area contributed by atoms with Gasteiger partial charge in [0, 0.05) is 42.5 Å². The zero-order chi connectivity index (χ0) is 27.6. The van der Waals surface area contributed by atoms with Gasteiger partial charge in [-0.3, -0.25) is 0 Å². The number of fused-ring (bicyclic) bond motifs is 8. The molecule has 0 N–H and O–H groups in total. The number of nitrogens with zero attached hydrogens (tertiary/aromatic N) is 2. The molecule has 198 valence electrons. The molecule has 0 aliphatic rings. The highest BCUT2D eigenvalue weighted by atomic mass is 32.1. The second-order valence-corrected chi connectivity index (χ2v) is 12.5. The molecule has 0 radical (unpaired) electrons. The van der Waals surface area contributed by atoms with Gasteiger partial charge in [0.1, 0.15) is 16.2 Å². The van der Waals surface area contributed by atoms with Crippen LogP contribution in [-0.4, -0.2) is 4.98 Å². The molecule has 0 fully saturated rings. The summed E-state index contributed by atoms with van der Waals surface area (Å²) in [5.74, 6) is 0. The summed E-state index contributed by atoms with van der Waals surface area (Å²) in [5.41, 5.74) is 7.29. The molecule has 9 aromatic rings. The number of benzene rings is 6. The molecule has 3 nitrogen and oxygen atoms in total. The summed E-state index contributed by atoms with van der Waals surface area (Å²) < 4.78 is 10.1. The Kier molecular flexibility index (Phi) is 5.24. The Bertz CT molecular complexity index is 2420. The van der Waals surface area contributed by atoms with Gasteiger partial charge in [0.25, 0.3) is 0 Å². The van der Waals surface area contributed by atoms with E-state index in [1.807, 2.05) is 29.5 Å². The van der Waals surface area contributed by atoms with E-state index >= 15 is 0 Å². The molecular weight excluding hydrogens is 553 g/mol. The van der Waals surface area contributed by atoms with Crippen molar-refractivity contribution in [2.24, 2.45) is 0 Å². The zero-order valence-corrected chi connectivity index (χ0v) is 24.0. The van der Waals surface area contributed by atoms with E-state index in [0.29, 0.717) is 0 Å². The summed E-state index contributed by atoms with van der Waals surface area (Å²) >= 11 is 3.63. The number of hydrogen-bond donors (Lipinski definition) is 0. The predicted octanol–water partition coefficient (Wildman–Crippen LogP) is 11.7. The monoisotopic (exact) mass is 574 g/mol. The highest BCUT2D eigenvalue weighted by molar-refractivity contribution is 7.28. The van der Waals surface area contributed by atoms with E-state index in [1.165, 1.54) is 24.9 Å². The fraction of sp³-hybridized carbons (Fsp3) is 0. The maximum Gasteiger partial charge on any atom is 0.137 e. The predicted molar refractivity (Wildman–Crippen MR) is 180 cm³/mol. The fourth-order valence-corrected chi connectivity index (χ4v) is 8.31. The molecule has 3 heterocycles. The second kappa shape index (κ2) is 9.28. The Morgan fingerprint density at radius 2 is 1.31 bits per heavy atom. The first kappa shape index (κ1) is 23.7. The van der Waals surface area contributed by atoms with Gasteiger partial charge in [-0.05, 0) is 60.7 Å². The number of anilines is 3. The van der Waals surface area contributed by atoms with Gasteiger partial charge in [-0.1, -0.05) is 72.8 Å². The van der Waals surface area contributed by atoms with Crippen LogP contribution in [0.3, 0.4) is 0 Å². The number of rotatable bonds is 4. The fourth-order valence-electron chi connectivity index (χ4n) is 6.02. The average Bonchev–Trinajstić information content (AvgIpc) is 3.75. The number of furan rings is 1. The third kappa shape index (κ3) is 3.61. The lowest BCUT2D eigenvalue weighted by molar-refractivity contribution is 0.669. The summed E-state index contributed by atoms with van der Waals surface area (Å²) in [6, 6.07) is 47.0. The van der Waals surface area contributed by atoms with Crippen LogP contribution in [0.25, 0.3) is 62.9 Å². The van der Waals surface area contributed by atoms with Crippen molar-refractivity contribution in [3.05, 3.63) is 133 Å². The number of thiazole rings is 1. The van der Waals surface area contributed by atoms with Crippen LogP contribution in [0.15, 0.2) is 138 Å². The molecule has 0 amide bonds. The number of hydrogen-bond acceptors (Lipinski definition) is 5. The molecule has 9 rings (SSSR count). The lowest BCUT2D eigenvalue weighted by atomic mass is 10.1. The Morgan fingerprint density at radius 3 is 2.19 bits per heavy atom. The molecular formula is C37H22N2OS2. The van der Waals surface area contributed by atoms with Crippen LogP contribution in [-0.2, 0) is 0 Å². The summed E-state index contributed by atoms with van der Waals surface area (Å²) in [6.45, 7) is 0. The van der Waals surface area contributed by atoms with Crippen LogP contribution >= 0.6 is 22.7 Å². The second-order valence-electron chi connectivity index (χ2n) is 10.4. The molecule has 3 aromatic heterocycles. The topological polar surface area (TPSA) is 29.3 Å². The molecule has 0 spiro atoms. The lowest BCUT2D eigenvalue weighted by Crippen LogP contribution is -2.10. The summed E-state index contributed by atoms with van der Waals surface area (Å²) in [5, 5.41) is 5.83. The third-order valence-electron chi connectivity index (χ3n) is 7.89. The molecule has 5 heteroatoms. The Morgan fingerprint density at radius 1 is 0.548 bits per heavy atom. The molecule has 6 aromatic carbocycles. The highest BCUT2D eigenvalue weighted by Gasteiger charge is 2.21. The van der Waals surface area contributed by atoms with Gasteiger partial charge >= 0.3 is 0 Å². The van der Waals surface area contributed by atoms with Crippen LogP contribution in [0.5, 0.6) is 0 Å². The SMILES string of the molecule is c1ccc(-c2nc3ccc4sc5ccc(N(c6ccccc6)c6cccc7oc8ccccc8c67)cc5c4c3s2)cc1. The minimum absolute atomic E-state index is 0.886. The third-order valence-corrected chi connectivity index (χ3v) is 10.2. The number of para-hydroxylation sites is 2. The Labute approximate surface area is 249 Å². The van der Waals surface area contributed by atoms with E-state index in [-0.39, 0.29) is 0 Å². The minimum Gasteiger partial charge on any atom is -0.456 e. The van der Waals surface area contributed by atoms with E-state index in [2.05, 4.69) is 120 Å². The van der Waals surface area contributed by atoms with E-state index in [9.17, 15) is 0 Å². The summed E-state index contributed by atoms with van der Waals surface area (Å²) in [6.07, 6.45) is 0. The van der Waals surface area contributed by atoms with E-state index in [1.54, 1.807) is 11.3 Å². The van der Waals surface area contributed by atoms with Gasteiger partial charge in [-0.2, -0.15) is 0 Å². The first-order chi connectivity index (χ1) is 20.8. The van der Waals surface area contributed by atoms with Gasteiger partial charge in [0.2, 0.25) is 0 Å². The molecule has 0 unspecified atom stereocenters. The largest absolute Gasteiger partial charge is 0.456 e. The van der Waals surface area contributed by atoms with Crippen molar-refractivity contribution in [3.8, 4) is 10.6 Å². The highest BCUT2D eigenvalue weighted by Crippen LogP contribution is 2.47. The standard InChI is InChI=1S/C37H22N2OS2/c1-3-10-23(11-4-1)37-38-28-19-21-33-35(36(28)42-37)27-22-25(18-20-32(27)41-33)39(24-12-5-2-6-13-24)29-15-9-17-31-34(29)26-14-7-8-16-30(26)40-31/h1-22H. The van der Waals surface area contributed by atoms with Crippen molar-refractivity contribution < 1.29 is 4.42 Å². The van der Waals surface area contributed by atoms with Crippen molar-refractivity contribution in [1.29, 1.82) is 0 Å². The molecule has 0 aliphatic carbocycles. The average molecular weight is 575 g/mol. The maximum absolute atomic E-state index is 6.29. The van der Waals surface area contributed by atoms with Gasteiger partial charge in [-0.15, -0.1) is 22.7 Å². The van der Waals surface area contributed by atoms with Crippen LogP contribution in [0.4, 0.5) is 17.1 Å². The Balaban J connectivity index is 1.31. The molecule has 0 saturated heterocycles. The van der Waals surface area contributed by atoms with Crippen molar-refractivity contribution in [1.82, 2.24) is 4.98 Å². The quantitative estimate of drug-likeness (QED) is 0.209. The van der Waals surface area contributed by atoms with Gasteiger partial charge in [-0.25, -0.2) is 4.98 Å².